The number of hydrogen-bond acceptors (Lipinski definition) is 5. The Kier molecular flexibility index (Phi) is 5.74. The van der Waals surface area contributed by atoms with Crippen LogP contribution in [-0.2, 0) is 4.79 Å². The summed E-state index contributed by atoms with van der Waals surface area (Å²) in [6.45, 7) is 0.273. The Balaban J connectivity index is 3.29. The Morgan fingerprint density at radius 1 is 1.24 bits per heavy atom. The summed E-state index contributed by atoms with van der Waals surface area (Å²) in [5, 5.41) is 20.3. The number of nitro groups is 1. The molecule has 0 unspecified atom stereocenters. The summed E-state index contributed by atoms with van der Waals surface area (Å²) in [5.41, 5.74) is -1.25. The normalized spacial score (nSPS) is 12.0. The SMILES string of the molecule is CN(C)CCC(=C(C(=O)O)C(=O)c1ccccc1)[N+](=O)[O-]. The Bertz CT molecular complexity index is 578. The van der Waals surface area contributed by atoms with Crippen molar-refractivity contribution in [2.45, 2.75) is 6.42 Å². The lowest BCUT2D eigenvalue weighted by atomic mass is 10.0. The zero-order valence-electron chi connectivity index (χ0n) is 11.8. The summed E-state index contributed by atoms with van der Waals surface area (Å²) in [5.74, 6) is -2.44. The topological polar surface area (TPSA) is 101 Å². The Morgan fingerprint density at radius 2 is 1.81 bits per heavy atom. The van der Waals surface area contributed by atoms with Crippen LogP contribution in [0.5, 0.6) is 0 Å². The highest BCUT2D eigenvalue weighted by molar-refractivity contribution is 6.24. The van der Waals surface area contributed by atoms with Gasteiger partial charge < -0.3 is 10.0 Å². The van der Waals surface area contributed by atoms with Gasteiger partial charge in [0.05, 0.1) is 11.3 Å². The maximum absolute atomic E-state index is 12.2. The molecule has 0 saturated carbocycles. The van der Waals surface area contributed by atoms with Gasteiger partial charge in [0.15, 0.2) is 5.57 Å². The van der Waals surface area contributed by atoms with Crippen LogP contribution in [0.4, 0.5) is 0 Å². The van der Waals surface area contributed by atoms with Gasteiger partial charge in [0.1, 0.15) is 0 Å². The molecule has 0 aliphatic rings. The summed E-state index contributed by atoms with van der Waals surface area (Å²) in [7, 11) is 3.41. The number of carboxylic acids is 1. The molecule has 0 radical (unpaired) electrons. The zero-order valence-corrected chi connectivity index (χ0v) is 11.8. The highest BCUT2D eigenvalue weighted by atomic mass is 16.6. The fourth-order valence-corrected chi connectivity index (χ4v) is 1.72. The van der Waals surface area contributed by atoms with Gasteiger partial charge in [-0.05, 0) is 14.1 Å². The molecule has 1 aromatic carbocycles. The van der Waals surface area contributed by atoms with Crippen LogP contribution < -0.4 is 0 Å². The lowest BCUT2D eigenvalue weighted by Crippen LogP contribution is -2.22. The largest absolute Gasteiger partial charge is 0.477 e. The van der Waals surface area contributed by atoms with E-state index < -0.39 is 27.9 Å². The molecule has 0 atom stereocenters. The maximum atomic E-state index is 12.2. The van der Waals surface area contributed by atoms with E-state index in [4.69, 9.17) is 0 Å². The fourth-order valence-electron chi connectivity index (χ4n) is 1.72. The van der Waals surface area contributed by atoms with E-state index in [-0.39, 0.29) is 18.5 Å². The van der Waals surface area contributed by atoms with E-state index in [1.165, 1.54) is 12.1 Å². The standard InChI is InChI=1S/C14H16N2O5/c1-15(2)9-8-11(16(20)21)12(14(18)19)13(17)10-6-4-3-5-7-10/h3-7H,8-9H2,1-2H3,(H,18,19). The van der Waals surface area contributed by atoms with Gasteiger partial charge in [-0.15, -0.1) is 0 Å². The van der Waals surface area contributed by atoms with E-state index in [1.807, 2.05) is 0 Å². The van der Waals surface area contributed by atoms with E-state index >= 15 is 0 Å². The van der Waals surface area contributed by atoms with Crippen LogP contribution in [0.2, 0.25) is 0 Å². The lowest BCUT2D eigenvalue weighted by molar-refractivity contribution is -0.428. The lowest BCUT2D eigenvalue weighted by Gasteiger charge is -2.09. The van der Waals surface area contributed by atoms with Crippen molar-refractivity contribution < 1.29 is 19.6 Å². The quantitative estimate of drug-likeness (QED) is 0.204. The molecule has 7 heteroatoms. The first-order valence-electron chi connectivity index (χ1n) is 6.20. The molecule has 0 heterocycles. The molecule has 7 nitrogen and oxygen atoms in total. The summed E-state index contributed by atoms with van der Waals surface area (Å²) >= 11 is 0. The van der Waals surface area contributed by atoms with Gasteiger partial charge in [0.25, 0.3) is 5.70 Å². The predicted octanol–water partition coefficient (Wildman–Crippen LogP) is 1.44. The van der Waals surface area contributed by atoms with E-state index in [9.17, 15) is 24.8 Å². The second kappa shape index (κ2) is 7.30. The molecule has 0 saturated heterocycles. The van der Waals surface area contributed by atoms with Gasteiger partial charge >= 0.3 is 5.97 Å². The maximum Gasteiger partial charge on any atom is 0.346 e. The molecule has 0 aliphatic carbocycles. The number of nitrogens with zero attached hydrogens (tertiary/aromatic N) is 2. The molecule has 0 bridgehead atoms. The van der Waals surface area contributed by atoms with E-state index in [0.717, 1.165) is 0 Å². The number of carboxylic acid groups (broad SMARTS) is 1. The number of benzene rings is 1. The summed E-state index contributed by atoms with van der Waals surface area (Å²) in [4.78, 5) is 35.5. The summed E-state index contributed by atoms with van der Waals surface area (Å²) < 4.78 is 0. The van der Waals surface area contributed by atoms with Crippen molar-refractivity contribution in [1.82, 2.24) is 4.90 Å². The average molecular weight is 292 g/mol. The molecular weight excluding hydrogens is 276 g/mol. The van der Waals surface area contributed by atoms with E-state index in [1.54, 1.807) is 37.2 Å². The highest BCUT2D eigenvalue weighted by Crippen LogP contribution is 2.16. The monoisotopic (exact) mass is 292 g/mol. The van der Waals surface area contributed by atoms with Gasteiger partial charge in [-0.25, -0.2) is 4.79 Å². The number of hydrogen-bond donors (Lipinski definition) is 1. The van der Waals surface area contributed by atoms with Crippen LogP contribution in [0.3, 0.4) is 0 Å². The molecule has 0 aromatic heterocycles. The van der Waals surface area contributed by atoms with Gasteiger partial charge in [0.2, 0.25) is 5.78 Å². The summed E-state index contributed by atoms with van der Waals surface area (Å²) in [6, 6.07) is 7.65. The van der Waals surface area contributed by atoms with Crippen molar-refractivity contribution in [3.8, 4) is 0 Å². The van der Waals surface area contributed by atoms with Crippen molar-refractivity contribution in [2.24, 2.45) is 0 Å². The average Bonchev–Trinajstić information content (AvgIpc) is 2.42. The van der Waals surface area contributed by atoms with Gasteiger partial charge in [-0.2, -0.15) is 0 Å². The van der Waals surface area contributed by atoms with Crippen LogP contribution in [0.15, 0.2) is 41.6 Å². The molecule has 0 spiro atoms. The first-order valence-corrected chi connectivity index (χ1v) is 6.20. The predicted molar refractivity (Wildman–Crippen MR) is 75.6 cm³/mol. The Hall–Kier alpha value is -2.54. The Labute approximate surface area is 121 Å². The molecule has 1 N–H and O–H groups in total. The third-order valence-corrected chi connectivity index (χ3v) is 2.78. The van der Waals surface area contributed by atoms with Crippen molar-refractivity contribution in [1.29, 1.82) is 0 Å². The Morgan fingerprint density at radius 3 is 2.24 bits per heavy atom. The minimum absolute atomic E-state index is 0.110. The van der Waals surface area contributed by atoms with Crippen LogP contribution >= 0.6 is 0 Å². The van der Waals surface area contributed by atoms with Crippen LogP contribution in [0.1, 0.15) is 16.8 Å². The molecule has 112 valence electrons. The first kappa shape index (κ1) is 16.5. The van der Waals surface area contributed by atoms with Crippen LogP contribution in [0.25, 0.3) is 0 Å². The smallest absolute Gasteiger partial charge is 0.346 e. The number of carbonyl (C=O) groups excluding carboxylic acids is 1. The first-order chi connectivity index (χ1) is 9.84. The third-order valence-electron chi connectivity index (χ3n) is 2.78. The molecular formula is C14H16N2O5. The zero-order chi connectivity index (χ0) is 16.0. The van der Waals surface area contributed by atoms with Crippen molar-refractivity contribution in [3.63, 3.8) is 0 Å². The minimum Gasteiger partial charge on any atom is -0.477 e. The van der Waals surface area contributed by atoms with Gasteiger partial charge in [-0.1, -0.05) is 30.3 Å². The number of Topliss-reactive ketones (excluding diaryl/α,β-unsaturated/α-hetero) is 1. The van der Waals surface area contributed by atoms with E-state index in [0.29, 0.717) is 0 Å². The van der Waals surface area contributed by atoms with Crippen molar-refractivity contribution in [2.75, 3.05) is 20.6 Å². The number of aliphatic carboxylic acids is 1. The fraction of sp³-hybridized carbons (Fsp3) is 0.286. The minimum atomic E-state index is -1.59. The van der Waals surface area contributed by atoms with E-state index in [2.05, 4.69) is 0 Å². The summed E-state index contributed by atoms with van der Waals surface area (Å²) in [6.07, 6.45) is -0.125. The molecule has 1 aromatic rings. The van der Waals surface area contributed by atoms with Crippen LogP contribution in [0, 0.1) is 10.1 Å². The second-order valence-corrected chi connectivity index (χ2v) is 4.63. The number of rotatable bonds is 7. The van der Waals surface area contributed by atoms with Crippen LogP contribution in [-0.4, -0.2) is 47.3 Å². The molecule has 21 heavy (non-hydrogen) atoms. The molecule has 0 amide bonds. The van der Waals surface area contributed by atoms with Crippen molar-refractivity contribution >= 4 is 11.8 Å². The number of ketones is 1. The van der Waals surface area contributed by atoms with Crippen molar-refractivity contribution in [3.05, 3.63) is 57.3 Å². The molecule has 1 rings (SSSR count). The highest BCUT2D eigenvalue weighted by Gasteiger charge is 2.30. The second-order valence-electron chi connectivity index (χ2n) is 4.63. The third kappa shape index (κ3) is 4.50. The molecule has 0 aliphatic heterocycles. The van der Waals surface area contributed by atoms with Gasteiger partial charge in [0, 0.05) is 12.1 Å². The molecule has 0 fully saturated rings. The number of carbonyl (C=O) groups is 2. The van der Waals surface area contributed by atoms with Gasteiger partial charge in [-0.3, -0.25) is 14.9 Å².